The van der Waals surface area contributed by atoms with Crippen LogP contribution in [0.15, 0.2) is 114 Å². The smallest absolute Gasteiger partial charge is 0.455 e. The summed E-state index contributed by atoms with van der Waals surface area (Å²) in [7, 11) is 0. The van der Waals surface area contributed by atoms with E-state index in [9.17, 15) is 27.6 Å². The molecule has 6 rings (SSSR count). The first-order valence-corrected chi connectivity index (χ1v) is 17.4. The fourth-order valence-electron chi connectivity index (χ4n) is 5.34. The Bertz CT molecular complexity index is 1930. The number of nitrogens with zero attached hydrogens (tertiary/aromatic N) is 1. The highest BCUT2D eigenvalue weighted by Gasteiger charge is 2.42. The molecule has 4 aromatic carbocycles. The number of halogens is 3. The molecule has 0 saturated carbocycles. The number of carbonyl (C=O) groups excluding carboxylic acids is 3. The van der Waals surface area contributed by atoms with E-state index in [1.165, 1.54) is 27.9 Å². The Kier molecular flexibility index (Phi) is 13.2. The molecule has 0 saturated heterocycles. The SMILES string of the molecule is NCc1cccc(Oc2ccccc2N(Cc2ccc(-c3ccsc3)cc2)C(=O)CCC(=O)NOC(=O)C(F)(F)F)c1.c1ccc2c(c1)CCNC2. The Labute approximate surface area is 303 Å². The summed E-state index contributed by atoms with van der Waals surface area (Å²) >= 11 is 1.58. The third-order valence-corrected chi connectivity index (χ3v) is 8.71. The van der Waals surface area contributed by atoms with Crippen LogP contribution in [0.2, 0.25) is 0 Å². The number of nitrogens with one attached hydrogen (secondary N) is 2. The van der Waals surface area contributed by atoms with Crippen LogP contribution in [0.1, 0.15) is 35.1 Å². The molecule has 0 aliphatic carbocycles. The molecule has 0 fully saturated rings. The minimum Gasteiger partial charge on any atom is -0.455 e. The molecule has 1 aromatic heterocycles. The largest absolute Gasteiger partial charge is 0.493 e. The Morgan fingerprint density at radius 3 is 2.31 bits per heavy atom. The molecule has 1 aliphatic rings. The van der Waals surface area contributed by atoms with Gasteiger partial charge in [0.2, 0.25) is 5.91 Å². The lowest BCUT2D eigenvalue weighted by atomic mass is 10.0. The highest BCUT2D eigenvalue weighted by molar-refractivity contribution is 7.08. The lowest BCUT2D eigenvalue weighted by Crippen LogP contribution is -2.36. The predicted molar refractivity (Wildman–Crippen MR) is 193 cm³/mol. The average molecular weight is 731 g/mol. The molecule has 0 unspecified atom stereocenters. The highest BCUT2D eigenvalue weighted by atomic mass is 32.1. The van der Waals surface area contributed by atoms with E-state index in [0.717, 1.165) is 35.3 Å². The number of alkyl halides is 3. The van der Waals surface area contributed by atoms with Crippen LogP contribution >= 0.6 is 11.3 Å². The summed E-state index contributed by atoms with van der Waals surface area (Å²) in [5.41, 5.74) is 14.3. The van der Waals surface area contributed by atoms with Crippen molar-refractivity contribution in [2.75, 3.05) is 11.4 Å². The van der Waals surface area contributed by atoms with Gasteiger partial charge in [0.1, 0.15) is 5.75 Å². The van der Waals surface area contributed by atoms with Gasteiger partial charge in [-0.05, 0) is 87.4 Å². The van der Waals surface area contributed by atoms with Crippen molar-refractivity contribution >= 4 is 34.8 Å². The lowest BCUT2D eigenvalue weighted by Gasteiger charge is -2.25. The van der Waals surface area contributed by atoms with Crippen LogP contribution in [0, 0.1) is 0 Å². The molecule has 5 aromatic rings. The summed E-state index contributed by atoms with van der Waals surface area (Å²) < 4.78 is 43.2. The maximum Gasteiger partial charge on any atom is 0.493 e. The molecule has 2 amide bonds. The Morgan fingerprint density at radius 2 is 1.60 bits per heavy atom. The van der Waals surface area contributed by atoms with Crippen LogP contribution in [0.5, 0.6) is 11.5 Å². The van der Waals surface area contributed by atoms with E-state index in [-0.39, 0.29) is 13.0 Å². The van der Waals surface area contributed by atoms with Crippen molar-refractivity contribution in [2.24, 2.45) is 5.73 Å². The lowest BCUT2D eigenvalue weighted by molar-refractivity contribution is -0.207. The number of thiophene rings is 1. The number of hydrogen-bond acceptors (Lipinski definition) is 8. The van der Waals surface area contributed by atoms with E-state index in [0.29, 0.717) is 23.7 Å². The number of para-hydroxylation sites is 2. The van der Waals surface area contributed by atoms with Crippen molar-refractivity contribution in [3.63, 3.8) is 0 Å². The third-order valence-electron chi connectivity index (χ3n) is 8.03. The monoisotopic (exact) mass is 730 g/mol. The first-order chi connectivity index (χ1) is 25.1. The van der Waals surface area contributed by atoms with Crippen LogP contribution in [0.3, 0.4) is 0 Å². The summed E-state index contributed by atoms with van der Waals surface area (Å²) in [6.45, 7) is 2.61. The van der Waals surface area contributed by atoms with Gasteiger partial charge in [0.15, 0.2) is 5.75 Å². The molecular weight excluding hydrogens is 694 g/mol. The quantitative estimate of drug-likeness (QED) is 0.128. The molecule has 1 aliphatic heterocycles. The highest BCUT2D eigenvalue weighted by Crippen LogP contribution is 2.34. The molecule has 2 heterocycles. The van der Waals surface area contributed by atoms with Crippen molar-refractivity contribution in [1.82, 2.24) is 10.8 Å². The number of anilines is 1. The molecule has 0 atom stereocenters. The van der Waals surface area contributed by atoms with Gasteiger partial charge >= 0.3 is 12.1 Å². The number of carbonyl (C=O) groups is 3. The normalized spacial score (nSPS) is 12.1. The van der Waals surface area contributed by atoms with Crippen molar-refractivity contribution in [3.05, 3.63) is 136 Å². The number of fused-ring (bicyclic) bond motifs is 1. The summed E-state index contributed by atoms with van der Waals surface area (Å²) in [5.74, 6) is -3.29. The number of rotatable bonds is 10. The maximum absolute atomic E-state index is 13.5. The first kappa shape index (κ1) is 37.7. The number of benzene rings is 4. The second kappa shape index (κ2) is 18.1. The van der Waals surface area contributed by atoms with Crippen molar-refractivity contribution in [1.29, 1.82) is 0 Å². The van der Waals surface area contributed by atoms with E-state index in [1.807, 2.05) is 47.2 Å². The predicted octanol–water partition coefficient (Wildman–Crippen LogP) is 7.45. The van der Waals surface area contributed by atoms with Crippen LogP contribution in [-0.2, 0) is 45.3 Å². The van der Waals surface area contributed by atoms with Crippen LogP contribution in [-0.4, -0.2) is 30.5 Å². The average Bonchev–Trinajstić information content (AvgIpc) is 3.71. The number of ether oxygens (including phenoxy) is 1. The van der Waals surface area contributed by atoms with Gasteiger partial charge in [-0.15, -0.1) is 0 Å². The van der Waals surface area contributed by atoms with E-state index >= 15 is 0 Å². The standard InChI is InChI=1S/C30H26F3N3O5S.C9H11N/c31-30(32,33)29(39)41-35-27(37)12-13-28(38)36(18-20-8-10-22(11-9-20)23-14-15-42-19-23)25-6-1-2-7-26(25)40-24-5-3-4-21(16-24)17-34;1-2-4-9-7-10-6-5-8(9)3-1/h1-11,14-16,19H,12-13,17-18,34H2,(H,35,37);1-4,10H,5-7H2. The molecule has 52 heavy (non-hydrogen) atoms. The minimum absolute atomic E-state index is 0.108. The molecule has 4 N–H and O–H groups in total. The van der Waals surface area contributed by atoms with E-state index in [4.69, 9.17) is 10.5 Å². The summed E-state index contributed by atoms with van der Waals surface area (Å²) in [4.78, 5) is 41.6. The van der Waals surface area contributed by atoms with Gasteiger partial charge in [0, 0.05) is 25.9 Å². The van der Waals surface area contributed by atoms with Crippen LogP contribution in [0.25, 0.3) is 11.1 Å². The zero-order valence-electron chi connectivity index (χ0n) is 28.0. The fraction of sp³-hybridized carbons (Fsp3) is 0.205. The van der Waals surface area contributed by atoms with Gasteiger partial charge in [0.05, 0.1) is 12.2 Å². The molecular formula is C39H37F3N4O5S. The van der Waals surface area contributed by atoms with E-state index < -0.39 is 30.4 Å². The molecule has 0 radical (unpaired) electrons. The maximum atomic E-state index is 13.5. The molecule has 0 spiro atoms. The van der Waals surface area contributed by atoms with Crippen LogP contribution in [0.4, 0.5) is 18.9 Å². The summed E-state index contributed by atoms with van der Waals surface area (Å²) in [6, 6.07) is 32.3. The molecule has 9 nitrogen and oxygen atoms in total. The van der Waals surface area contributed by atoms with E-state index in [2.05, 4.69) is 34.4 Å². The topological polar surface area (TPSA) is 123 Å². The minimum atomic E-state index is -5.27. The van der Waals surface area contributed by atoms with Crippen molar-refractivity contribution in [2.45, 2.75) is 45.1 Å². The Balaban J connectivity index is 0.000000444. The van der Waals surface area contributed by atoms with Gasteiger partial charge in [0.25, 0.3) is 5.91 Å². The van der Waals surface area contributed by atoms with Crippen molar-refractivity contribution in [3.8, 4) is 22.6 Å². The summed E-state index contributed by atoms with van der Waals surface area (Å²) in [6.07, 6.45) is -5.00. The number of hydroxylamine groups is 1. The zero-order valence-corrected chi connectivity index (χ0v) is 28.8. The first-order valence-electron chi connectivity index (χ1n) is 16.4. The van der Waals surface area contributed by atoms with Gasteiger partial charge in [-0.3, -0.25) is 9.59 Å². The van der Waals surface area contributed by atoms with Gasteiger partial charge in [-0.25, -0.2) is 4.79 Å². The number of hydrogen-bond donors (Lipinski definition) is 3. The zero-order chi connectivity index (χ0) is 36.9. The van der Waals surface area contributed by atoms with Crippen molar-refractivity contribution < 1.29 is 37.1 Å². The summed E-state index contributed by atoms with van der Waals surface area (Å²) in [5, 5.41) is 7.34. The Hall–Kier alpha value is -5.50. The van der Waals surface area contributed by atoms with Gasteiger partial charge in [-0.1, -0.05) is 72.8 Å². The Morgan fingerprint density at radius 1 is 0.846 bits per heavy atom. The van der Waals surface area contributed by atoms with Crippen LogP contribution < -0.4 is 26.2 Å². The molecule has 0 bridgehead atoms. The van der Waals surface area contributed by atoms with E-state index in [1.54, 1.807) is 53.8 Å². The fourth-order valence-corrected chi connectivity index (χ4v) is 6.00. The van der Waals surface area contributed by atoms with Gasteiger partial charge < -0.3 is 25.5 Å². The second-order valence-corrected chi connectivity index (χ2v) is 12.5. The third kappa shape index (κ3) is 10.8. The molecule has 13 heteroatoms. The van der Waals surface area contributed by atoms with Gasteiger partial charge in [-0.2, -0.15) is 30.0 Å². The second-order valence-electron chi connectivity index (χ2n) is 11.7. The number of nitrogens with two attached hydrogens (primary N) is 1. The molecule has 270 valence electrons. The number of amides is 2.